The molecule has 2 N–H and O–H groups in total. The van der Waals surface area contributed by atoms with E-state index < -0.39 is 26.3 Å². The molecule has 11 heteroatoms. The van der Waals surface area contributed by atoms with E-state index in [-0.39, 0.29) is 11.4 Å². The molecule has 1 heterocycles. The van der Waals surface area contributed by atoms with Gasteiger partial charge in [0.1, 0.15) is 0 Å². The third-order valence-electron chi connectivity index (χ3n) is 1.71. The Bertz CT molecular complexity index is 352. The maximum Gasteiger partial charge on any atom is 0.511 e. The largest absolute Gasteiger partial charge is 0.511 e. The highest BCUT2D eigenvalue weighted by Gasteiger charge is 2.38. The van der Waals surface area contributed by atoms with E-state index in [4.69, 9.17) is 5.84 Å². The second kappa shape index (κ2) is 5.32. The predicted octanol–water partition coefficient (Wildman–Crippen LogP) is 0.193. The zero-order chi connectivity index (χ0) is 13.1. The summed E-state index contributed by atoms with van der Waals surface area (Å²) in [4.78, 5) is 21.9. The summed E-state index contributed by atoms with van der Waals surface area (Å²) < 4.78 is 34.0. The molecule has 1 fully saturated rings. The van der Waals surface area contributed by atoms with Crippen LogP contribution < -0.4 is 5.84 Å². The van der Waals surface area contributed by atoms with Gasteiger partial charge in [0.25, 0.3) is 6.29 Å². The average Bonchev–Trinajstić information content (AvgIpc) is 2.72. The van der Waals surface area contributed by atoms with Crippen LogP contribution in [0.15, 0.2) is 0 Å². The second-order valence-electron chi connectivity index (χ2n) is 2.67. The number of carbonyl (C=O) groups is 2. The standard InChI is InChI=1S/C6H11N2O8P/c1-12-17(11,13-2)8(7)5(9)15-4-3-14-6(10)16-4/h4H,3,7H2,1-2H3. The number of nitrogens with two attached hydrogens (primary N) is 1. The van der Waals surface area contributed by atoms with Crippen molar-refractivity contribution in [1.29, 1.82) is 0 Å². The van der Waals surface area contributed by atoms with Crippen molar-refractivity contribution in [2.24, 2.45) is 5.84 Å². The Kier molecular flexibility index (Phi) is 4.29. The predicted molar refractivity (Wildman–Crippen MR) is 50.4 cm³/mol. The van der Waals surface area contributed by atoms with Gasteiger partial charge in [0.15, 0.2) is 6.61 Å². The summed E-state index contributed by atoms with van der Waals surface area (Å²) in [5, 5.41) is 0. The van der Waals surface area contributed by atoms with Gasteiger partial charge in [-0.2, -0.15) is 0 Å². The Morgan fingerprint density at radius 1 is 1.53 bits per heavy atom. The molecule has 0 radical (unpaired) electrons. The van der Waals surface area contributed by atoms with Crippen LogP contribution in [0.2, 0.25) is 0 Å². The van der Waals surface area contributed by atoms with Crippen LogP contribution in [0.4, 0.5) is 9.59 Å². The third kappa shape index (κ3) is 3.07. The highest BCUT2D eigenvalue weighted by molar-refractivity contribution is 7.51. The first-order valence-corrected chi connectivity index (χ1v) is 5.73. The maximum atomic E-state index is 11.6. The zero-order valence-electron chi connectivity index (χ0n) is 9.02. The van der Waals surface area contributed by atoms with Gasteiger partial charge in [-0.1, -0.05) is 0 Å². The fourth-order valence-electron chi connectivity index (χ4n) is 0.886. The van der Waals surface area contributed by atoms with Crippen LogP contribution in [0.5, 0.6) is 0 Å². The van der Waals surface area contributed by atoms with Crippen LogP contribution >= 0.6 is 7.75 Å². The van der Waals surface area contributed by atoms with E-state index in [1.54, 1.807) is 0 Å². The van der Waals surface area contributed by atoms with E-state index in [0.717, 1.165) is 14.2 Å². The normalized spacial score (nSPS) is 19.5. The lowest BCUT2D eigenvalue weighted by Crippen LogP contribution is -2.38. The molecule has 0 bridgehead atoms. The molecule has 10 nitrogen and oxygen atoms in total. The minimum absolute atomic E-state index is 0.138. The van der Waals surface area contributed by atoms with Crippen LogP contribution in [0, 0.1) is 0 Å². The molecule has 0 aromatic carbocycles. The van der Waals surface area contributed by atoms with Crippen molar-refractivity contribution in [2.75, 3.05) is 20.8 Å². The number of cyclic esters (lactones) is 2. The molecule has 0 aromatic heterocycles. The molecule has 0 saturated carbocycles. The van der Waals surface area contributed by atoms with Gasteiger partial charge in [0.05, 0.1) is 0 Å². The molecule has 0 aromatic rings. The summed E-state index contributed by atoms with van der Waals surface area (Å²) in [6.07, 6.45) is -3.48. The first kappa shape index (κ1) is 13.7. The Balaban J connectivity index is 2.58. The number of amides is 1. The topological polar surface area (TPSA) is 127 Å². The molecular weight excluding hydrogens is 259 g/mol. The lowest BCUT2D eigenvalue weighted by Gasteiger charge is -2.23. The summed E-state index contributed by atoms with van der Waals surface area (Å²) in [6, 6.07) is 0. The lowest BCUT2D eigenvalue weighted by atomic mass is 10.7. The molecule has 17 heavy (non-hydrogen) atoms. The van der Waals surface area contributed by atoms with Crippen molar-refractivity contribution in [2.45, 2.75) is 6.29 Å². The molecule has 1 amide bonds. The second-order valence-corrected chi connectivity index (χ2v) is 4.77. The molecule has 1 aliphatic heterocycles. The fourth-order valence-corrected chi connectivity index (χ4v) is 1.63. The van der Waals surface area contributed by atoms with E-state index in [9.17, 15) is 14.2 Å². The van der Waals surface area contributed by atoms with Crippen molar-refractivity contribution < 1.29 is 37.4 Å². The highest BCUT2D eigenvalue weighted by Crippen LogP contribution is 2.48. The lowest BCUT2D eigenvalue weighted by molar-refractivity contribution is -0.0395. The van der Waals surface area contributed by atoms with Crippen LogP contribution in [0.3, 0.4) is 0 Å². The minimum Gasteiger partial charge on any atom is -0.426 e. The zero-order valence-corrected chi connectivity index (χ0v) is 9.92. The van der Waals surface area contributed by atoms with Gasteiger partial charge in [-0.3, -0.25) is 9.05 Å². The van der Waals surface area contributed by atoms with Crippen molar-refractivity contribution in [3.63, 3.8) is 0 Å². The number of carbonyl (C=O) groups excluding carboxylic acids is 2. The van der Waals surface area contributed by atoms with E-state index in [0.29, 0.717) is 0 Å². The number of ether oxygens (including phenoxy) is 3. The molecule has 1 saturated heterocycles. The molecule has 1 rings (SSSR count). The summed E-state index contributed by atoms with van der Waals surface area (Å²) >= 11 is 0. The molecular formula is C6H11N2O8P. The first-order chi connectivity index (χ1) is 7.92. The summed E-state index contributed by atoms with van der Waals surface area (Å²) in [7, 11) is -1.87. The van der Waals surface area contributed by atoms with E-state index in [1.165, 1.54) is 0 Å². The molecule has 98 valence electrons. The summed E-state index contributed by atoms with van der Waals surface area (Å²) in [6.45, 7) is -0.275. The summed E-state index contributed by atoms with van der Waals surface area (Å²) in [5.74, 6) is 5.19. The molecule has 0 spiro atoms. The van der Waals surface area contributed by atoms with Gasteiger partial charge in [0, 0.05) is 14.2 Å². The van der Waals surface area contributed by atoms with Gasteiger partial charge < -0.3 is 14.2 Å². The smallest absolute Gasteiger partial charge is 0.426 e. The molecule has 1 atom stereocenters. The van der Waals surface area contributed by atoms with E-state index in [1.807, 2.05) is 0 Å². The number of nitrogens with zero attached hydrogens (tertiary/aromatic N) is 1. The van der Waals surface area contributed by atoms with Crippen LogP contribution in [-0.2, 0) is 27.8 Å². The SMILES string of the molecule is COP(=O)(OC)N(N)C(=O)OC1COC(=O)O1. The van der Waals surface area contributed by atoms with Crippen molar-refractivity contribution in [1.82, 2.24) is 4.78 Å². The Morgan fingerprint density at radius 2 is 2.12 bits per heavy atom. The van der Waals surface area contributed by atoms with E-state index in [2.05, 4.69) is 23.3 Å². The number of hydrogen-bond donors (Lipinski definition) is 1. The summed E-state index contributed by atoms with van der Waals surface area (Å²) in [5.41, 5.74) is 0. The highest BCUT2D eigenvalue weighted by atomic mass is 31.2. The number of rotatable bonds is 4. The third-order valence-corrected chi connectivity index (χ3v) is 3.32. The fraction of sp³-hybridized carbons (Fsp3) is 0.667. The molecule has 1 unspecified atom stereocenters. The quantitative estimate of drug-likeness (QED) is 0.250. The van der Waals surface area contributed by atoms with Crippen LogP contribution in [-0.4, -0.2) is 44.1 Å². The number of hydrazine groups is 1. The van der Waals surface area contributed by atoms with Crippen LogP contribution in [0.1, 0.15) is 0 Å². The van der Waals surface area contributed by atoms with Crippen molar-refractivity contribution in [3.05, 3.63) is 0 Å². The van der Waals surface area contributed by atoms with Crippen molar-refractivity contribution >= 4 is 20.0 Å². The van der Waals surface area contributed by atoms with Gasteiger partial charge >= 0.3 is 20.0 Å². The number of hydrogen-bond acceptors (Lipinski definition) is 9. The Morgan fingerprint density at radius 3 is 2.53 bits per heavy atom. The van der Waals surface area contributed by atoms with Crippen LogP contribution in [0.25, 0.3) is 0 Å². The minimum atomic E-state index is -3.95. The monoisotopic (exact) mass is 270 g/mol. The molecule has 1 aliphatic rings. The van der Waals surface area contributed by atoms with Gasteiger partial charge in [-0.05, 0) is 0 Å². The molecule has 0 aliphatic carbocycles. The Hall–Kier alpha value is -1.35. The first-order valence-electron chi connectivity index (χ1n) is 4.23. The van der Waals surface area contributed by atoms with E-state index >= 15 is 0 Å². The van der Waals surface area contributed by atoms with Gasteiger partial charge in [-0.25, -0.2) is 20.0 Å². The van der Waals surface area contributed by atoms with Gasteiger partial charge in [-0.15, -0.1) is 4.78 Å². The van der Waals surface area contributed by atoms with Crippen molar-refractivity contribution in [3.8, 4) is 0 Å². The Labute approximate surface area is 96.0 Å². The van der Waals surface area contributed by atoms with Gasteiger partial charge in [0.2, 0.25) is 0 Å². The average molecular weight is 270 g/mol. The maximum absolute atomic E-state index is 11.6.